The summed E-state index contributed by atoms with van der Waals surface area (Å²) in [5.74, 6) is -0.245. The highest BCUT2D eigenvalue weighted by Crippen LogP contribution is 2.31. The van der Waals surface area contributed by atoms with E-state index in [0.717, 1.165) is 51.4 Å². The van der Waals surface area contributed by atoms with Crippen LogP contribution in [0.3, 0.4) is 0 Å². The fourth-order valence-corrected chi connectivity index (χ4v) is 15.4. The van der Waals surface area contributed by atoms with Crippen LogP contribution in [0.15, 0.2) is 60.8 Å². The normalized spacial score (nSPS) is 21.4. The number of amides is 1. The summed E-state index contributed by atoms with van der Waals surface area (Å²) in [7, 11) is 0. The van der Waals surface area contributed by atoms with Gasteiger partial charge in [-0.3, -0.25) is 4.79 Å². The van der Waals surface area contributed by atoms with Crippen molar-refractivity contribution in [1.82, 2.24) is 5.32 Å². The second-order valence-corrected chi connectivity index (χ2v) is 32.8. The van der Waals surface area contributed by atoms with Crippen molar-refractivity contribution in [3.05, 3.63) is 60.8 Å². The van der Waals surface area contributed by atoms with Gasteiger partial charge in [-0.25, -0.2) is 0 Å². The lowest BCUT2D eigenvalue weighted by Gasteiger charge is -2.46. The second kappa shape index (κ2) is 77.3. The predicted molar refractivity (Wildman–Crippen MR) is 452 cm³/mol. The van der Waals surface area contributed by atoms with E-state index < -0.39 is 86.8 Å². The molecule has 108 heavy (non-hydrogen) atoms. The number of hydrogen-bond donors (Lipinski definition) is 9. The molecule has 2 rings (SSSR count). The lowest BCUT2D eigenvalue weighted by Crippen LogP contribution is -2.65. The van der Waals surface area contributed by atoms with Crippen molar-refractivity contribution >= 4 is 5.91 Å². The summed E-state index contributed by atoms with van der Waals surface area (Å²) in [4.78, 5) is 13.4. The number of nitrogens with one attached hydrogen (secondary N) is 1. The zero-order valence-electron chi connectivity index (χ0n) is 70.1. The summed E-state index contributed by atoms with van der Waals surface area (Å²) in [5.41, 5.74) is 0. The Morgan fingerprint density at radius 2 is 0.620 bits per heavy atom. The molecule has 0 aromatic carbocycles. The summed E-state index contributed by atoms with van der Waals surface area (Å²) >= 11 is 0. The lowest BCUT2D eigenvalue weighted by molar-refractivity contribution is -0.359. The molecule has 9 N–H and O–H groups in total. The summed E-state index contributed by atoms with van der Waals surface area (Å²) in [5, 5.41) is 87.9. The third-order valence-corrected chi connectivity index (χ3v) is 22.7. The van der Waals surface area contributed by atoms with Crippen molar-refractivity contribution in [3.8, 4) is 0 Å². The van der Waals surface area contributed by atoms with Gasteiger partial charge in [0.2, 0.25) is 5.91 Å². The fourth-order valence-electron chi connectivity index (χ4n) is 15.4. The highest BCUT2D eigenvalue weighted by molar-refractivity contribution is 5.76. The average Bonchev–Trinajstić information content (AvgIpc) is 0.789. The van der Waals surface area contributed by atoms with Crippen molar-refractivity contribution in [1.29, 1.82) is 0 Å². The van der Waals surface area contributed by atoms with E-state index in [1.54, 1.807) is 6.08 Å². The number of aliphatic hydroxyl groups is 8. The Hall–Kier alpha value is -2.31. The second-order valence-electron chi connectivity index (χ2n) is 32.8. The minimum atomic E-state index is -1.80. The summed E-state index contributed by atoms with van der Waals surface area (Å²) < 4.78 is 22.9. The van der Waals surface area contributed by atoms with Crippen LogP contribution in [0.4, 0.5) is 0 Å². The van der Waals surface area contributed by atoms with Gasteiger partial charge in [-0.15, -0.1) is 0 Å². The molecular weight excluding hydrogens is 1350 g/mol. The van der Waals surface area contributed by atoms with E-state index in [4.69, 9.17) is 18.9 Å². The Bertz CT molecular complexity index is 2050. The number of unbranched alkanes of at least 4 members (excludes halogenated alkanes) is 59. The quantitative estimate of drug-likeness (QED) is 0.0204. The number of aliphatic hydroxyl groups excluding tert-OH is 8. The molecule has 1 amide bonds. The molecule has 0 bridgehead atoms. The zero-order valence-corrected chi connectivity index (χ0v) is 70.1. The van der Waals surface area contributed by atoms with Crippen LogP contribution in [-0.4, -0.2) is 140 Å². The maximum Gasteiger partial charge on any atom is 0.220 e. The Morgan fingerprint density at radius 3 is 0.963 bits per heavy atom. The monoisotopic (exact) mass is 1530 g/mol. The van der Waals surface area contributed by atoms with E-state index in [1.807, 2.05) is 6.08 Å². The van der Waals surface area contributed by atoms with Crippen molar-refractivity contribution in [2.45, 2.75) is 511 Å². The molecule has 2 heterocycles. The van der Waals surface area contributed by atoms with E-state index in [1.165, 1.54) is 353 Å². The van der Waals surface area contributed by atoms with Gasteiger partial charge in [0.15, 0.2) is 12.6 Å². The molecule has 0 aliphatic carbocycles. The Kier molecular flexibility index (Phi) is 72.8. The molecule has 2 aliphatic rings. The SMILES string of the molecule is CCCCCCC/C=C\C/C=C\CCCCCCCCCCCCCCCCCCCCCCCCCCCCCCCC(=O)NC(COC1OC(CO)C(OC2OC(CO)C(O)C(O)C2O)C(O)C1O)C(O)/C=C/CC/C=C/CC/C=C/CCCCCCCCCCCCCCCCCCCCCCCCC. The first-order valence-electron chi connectivity index (χ1n) is 46.5. The van der Waals surface area contributed by atoms with Crippen LogP contribution in [0.5, 0.6) is 0 Å². The van der Waals surface area contributed by atoms with Crippen molar-refractivity contribution < 1.29 is 64.6 Å². The van der Waals surface area contributed by atoms with Crippen LogP contribution in [0.25, 0.3) is 0 Å². The van der Waals surface area contributed by atoms with Crippen LogP contribution >= 0.6 is 0 Å². The molecule has 634 valence electrons. The van der Waals surface area contributed by atoms with Gasteiger partial charge in [0.05, 0.1) is 32.0 Å². The molecule has 12 atom stereocenters. The van der Waals surface area contributed by atoms with Gasteiger partial charge < -0.3 is 65.1 Å². The summed E-state index contributed by atoms with van der Waals surface area (Å²) in [6, 6.07) is -0.941. The maximum atomic E-state index is 13.4. The number of carbonyl (C=O) groups is 1. The molecule has 14 nitrogen and oxygen atoms in total. The average molecular weight is 1530 g/mol. The fraction of sp³-hybridized carbons (Fsp3) is 0.883. The van der Waals surface area contributed by atoms with Crippen LogP contribution in [0.2, 0.25) is 0 Å². The zero-order chi connectivity index (χ0) is 77.9. The molecule has 12 unspecified atom stereocenters. The lowest BCUT2D eigenvalue weighted by atomic mass is 9.97. The van der Waals surface area contributed by atoms with E-state index >= 15 is 0 Å². The smallest absolute Gasteiger partial charge is 0.220 e. The van der Waals surface area contributed by atoms with Crippen molar-refractivity contribution in [2.24, 2.45) is 0 Å². The number of ether oxygens (including phenoxy) is 4. The molecule has 0 radical (unpaired) electrons. The molecule has 14 heteroatoms. The van der Waals surface area contributed by atoms with Gasteiger partial charge in [0.1, 0.15) is 48.8 Å². The Balaban J connectivity index is 1.56. The number of rotatable bonds is 80. The highest BCUT2D eigenvalue weighted by Gasteiger charge is 2.51. The Morgan fingerprint density at radius 1 is 0.333 bits per heavy atom. The maximum absolute atomic E-state index is 13.4. The van der Waals surface area contributed by atoms with Gasteiger partial charge in [-0.05, 0) is 77.0 Å². The molecule has 2 aliphatic heterocycles. The van der Waals surface area contributed by atoms with E-state index in [2.05, 4.69) is 67.8 Å². The molecule has 2 fully saturated rings. The first-order valence-corrected chi connectivity index (χ1v) is 46.5. The van der Waals surface area contributed by atoms with Gasteiger partial charge in [0, 0.05) is 6.42 Å². The first-order chi connectivity index (χ1) is 53.1. The third kappa shape index (κ3) is 58.5. The molecule has 2 saturated heterocycles. The largest absolute Gasteiger partial charge is 0.394 e. The third-order valence-electron chi connectivity index (χ3n) is 22.7. The molecule has 0 aromatic heterocycles. The minimum Gasteiger partial charge on any atom is -0.394 e. The van der Waals surface area contributed by atoms with Crippen molar-refractivity contribution in [3.63, 3.8) is 0 Å². The summed E-state index contributed by atoms with van der Waals surface area (Å²) in [6.07, 6.45) is 90.8. The first kappa shape index (κ1) is 102. The molecule has 0 aromatic rings. The van der Waals surface area contributed by atoms with Gasteiger partial charge >= 0.3 is 0 Å². The molecular formula is C94H175NO13. The highest BCUT2D eigenvalue weighted by atomic mass is 16.7. The van der Waals surface area contributed by atoms with Crippen molar-refractivity contribution in [2.75, 3.05) is 19.8 Å². The minimum absolute atomic E-state index is 0.245. The number of hydrogen-bond acceptors (Lipinski definition) is 13. The standard InChI is InChI=1S/C94H175NO13/c1-3-5-7-9-11-13-15-17-19-21-23-25-27-29-31-33-35-37-38-39-40-41-42-43-44-46-48-50-52-54-56-58-60-62-64-66-68-70-72-74-76-78-86(99)95-82(81-105-93-91(104)89(102)92(85(80-97)107-93)108-94-90(103)88(101)87(100)84(79-96)106-94)83(98)77-75-73-71-69-67-65-63-61-59-57-55-53-51-49-47-45-36-34-32-30-28-26-24-22-20-18-16-14-12-10-8-6-4-2/h15,17,21,23,59,61,67,69,75,77,82-85,87-94,96-98,100-104H,3-14,16,18-20,22,24-58,60,62-66,68,70-74,76,78-81H2,1-2H3,(H,95,99)/b17-15-,23-21-,61-59+,69-67+,77-75+. The number of allylic oxidation sites excluding steroid dienone is 9. The van der Waals surface area contributed by atoms with E-state index in [-0.39, 0.29) is 18.9 Å². The van der Waals surface area contributed by atoms with Gasteiger partial charge in [-0.2, -0.15) is 0 Å². The van der Waals surface area contributed by atoms with Gasteiger partial charge in [0.25, 0.3) is 0 Å². The number of carbonyl (C=O) groups excluding carboxylic acids is 1. The van der Waals surface area contributed by atoms with Crippen LogP contribution in [0, 0.1) is 0 Å². The Labute approximate surface area is 664 Å². The van der Waals surface area contributed by atoms with Crippen LogP contribution in [0.1, 0.15) is 438 Å². The van der Waals surface area contributed by atoms with E-state index in [0.29, 0.717) is 12.8 Å². The van der Waals surface area contributed by atoms with Crippen LogP contribution < -0.4 is 5.32 Å². The van der Waals surface area contributed by atoms with Gasteiger partial charge in [-0.1, -0.05) is 415 Å². The summed E-state index contributed by atoms with van der Waals surface area (Å²) in [6.45, 7) is 2.84. The topological polar surface area (TPSA) is 228 Å². The molecule has 0 saturated carbocycles. The molecule has 0 spiro atoms. The van der Waals surface area contributed by atoms with Crippen LogP contribution in [-0.2, 0) is 23.7 Å². The van der Waals surface area contributed by atoms with E-state index in [9.17, 15) is 45.6 Å². The predicted octanol–water partition coefficient (Wildman–Crippen LogP) is 23.0.